The summed E-state index contributed by atoms with van der Waals surface area (Å²) >= 11 is 1.85. The van der Waals surface area contributed by atoms with Crippen molar-refractivity contribution in [2.45, 2.75) is 26.8 Å². The molecule has 2 aromatic heterocycles. The fourth-order valence-electron chi connectivity index (χ4n) is 1.98. The van der Waals surface area contributed by atoms with Gasteiger partial charge in [-0.1, -0.05) is 13.0 Å². The van der Waals surface area contributed by atoms with Crippen molar-refractivity contribution in [3.8, 4) is 0 Å². The van der Waals surface area contributed by atoms with Crippen molar-refractivity contribution in [3.05, 3.63) is 51.5 Å². The van der Waals surface area contributed by atoms with Gasteiger partial charge < -0.3 is 5.32 Å². The van der Waals surface area contributed by atoms with Crippen LogP contribution in [-0.2, 0) is 0 Å². The smallest absolute Gasteiger partial charge is 0.0688 e. The molecule has 1 unspecified atom stereocenters. The predicted octanol–water partition coefficient (Wildman–Crippen LogP) is 3.46. The van der Waals surface area contributed by atoms with Gasteiger partial charge in [0.1, 0.15) is 0 Å². The van der Waals surface area contributed by atoms with E-state index in [9.17, 15) is 0 Å². The Morgan fingerprint density at radius 3 is 2.71 bits per heavy atom. The van der Waals surface area contributed by atoms with Crippen LogP contribution in [0.3, 0.4) is 0 Å². The highest BCUT2D eigenvalue weighted by Gasteiger charge is 2.16. The SMILES string of the molecule is CCNC(c1ccc(C)s1)c1cccnc1C. The molecule has 0 saturated carbocycles. The number of hydrogen-bond donors (Lipinski definition) is 1. The molecule has 1 N–H and O–H groups in total. The Bertz CT molecular complexity index is 490. The Morgan fingerprint density at radius 1 is 1.29 bits per heavy atom. The molecule has 0 aliphatic carbocycles. The molecule has 0 bridgehead atoms. The molecule has 3 heteroatoms. The van der Waals surface area contributed by atoms with E-state index in [4.69, 9.17) is 0 Å². The lowest BCUT2D eigenvalue weighted by atomic mass is 10.0. The Morgan fingerprint density at radius 2 is 2.12 bits per heavy atom. The van der Waals surface area contributed by atoms with Gasteiger partial charge in [0.15, 0.2) is 0 Å². The first-order valence-corrected chi connectivity index (χ1v) is 6.75. The topological polar surface area (TPSA) is 24.9 Å². The third-order valence-electron chi connectivity index (χ3n) is 2.81. The second-order valence-electron chi connectivity index (χ2n) is 4.12. The summed E-state index contributed by atoms with van der Waals surface area (Å²) in [5, 5.41) is 3.54. The summed E-state index contributed by atoms with van der Waals surface area (Å²) in [6, 6.07) is 8.82. The molecule has 2 heterocycles. The molecule has 17 heavy (non-hydrogen) atoms. The van der Waals surface area contributed by atoms with Crippen LogP contribution in [0.5, 0.6) is 0 Å². The van der Waals surface area contributed by atoms with Crippen molar-refractivity contribution in [1.29, 1.82) is 0 Å². The zero-order chi connectivity index (χ0) is 12.3. The number of pyridine rings is 1. The normalized spacial score (nSPS) is 12.6. The van der Waals surface area contributed by atoms with Crippen LogP contribution in [0.2, 0.25) is 0 Å². The van der Waals surface area contributed by atoms with Crippen LogP contribution in [0, 0.1) is 13.8 Å². The lowest BCUT2D eigenvalue weighted by Gasteiger charge is -2.18. The van der Waals surface area contributed by atoms with Gasteiger partial charge >= 0.3 is 0 Å². The van der Waals surface area contributed by atoms with Gasteiger partial charge in [0, 0.05) is 21.6 Å². The van der Waals surface area contributed by atoms with E-state index in [2.05, 4.69) is 49.3 Å². The molecule has 0 aliphatic heterocycles. The van der Waals surface area contributed by atoms with E-state index in [0.29, 0.717) is 0 Å². The van der Waals surface area contributed by atoms with Crippen LogP contribution in [-0.4, -0.2) is 11.5 Å². The van der Waals surface area contributed by atoms with E-state index in [-0.39, 0.29) is 6.04 Å². The first-order valence-electron chi connectivity index (χ1n) is 5.93. The maximum absolute atomic E-state index is 4.38. The molecule has 0 aromatic carbocycles. The van der Waals surface area contributed by atoms with Crippen molar-refractivity contribution in [2.75, 3.05) is 6.54 Å². The number of rotatable bonds is 4. The Balaban J connectivity index is 2.39. The third-order valence-corrected chi connectivity index (χ3v) is 3.88. The minimum absolute atomic E-state index is 0.271. The minimum atomic E-state index is 0.271. The number of aryl methyl sites for hydroxylation is 2. The van der Waals surface area contributed by atoms with E-state index in [1.807, 2.05) is 23.6 Å². The quantitative estimate of drug-likeness (QED) is 0.893. The molecule has 90 valence electrons. The zero-order valence-corrected chi connectivity index (χ0v) is 11.3. The number of nitrogens with one attached hydrogen (secondary N) is 1. The molecule has 0 fully saturated rings. The Hall–Kier alpha value is -1.19. The Labute approximate surface area is 107 Å². The second-order valence-corrected chi connectivity index (χ2v) is 5.44. The molecule has 2 aromatic rings. The van der Waals surface area contributed by atoms with Gasteiger partial charge in [0.25, 0.3) is 0 Å². The lowest BCUT2D eigenvalue weighted by molar-refractivity contribution is 0.633. The maximum Gasteiger partial charge on any atom is 0.0688 e. The van der Waals surface area contributed by atoms with Crippen LogP contribution >= 0.6 is 11.3 Å². The maximum atomic E-state index is 4.38. The largest absolute Gasteiger partial charge is 0.306 e. The van der Waals surface area contributed by atoms with Gasteiger partial charge in [-0.25, -0.2) is 0 Å². The monoisotopic (exact) mass is 246 g/mol. The number of thiophene rings is 1. The van der Waals surface area contributed by atoms with Crippen LogP contribution in [0.4, 0.5) is 0 Å². The van der Waals surface area contributed by atoms with E-state index in [0.717, 1.165) is 12.2 Å². The second kappa shape index (κ2) is 5.43. The van der Waals surface area contributed by atoms with E-state index in [1.165, 1.54) is 15.3 Å². The summed E-state index contributed by atoms with van der Waals surface area (Å²) in [5.41, 5.74) is 2.38. The molecule has 1 atom stereocenters. The number of hydrogen-bond acceptors (Lipinski definition) is 3. The van der Waals surface area contributed by atoms with Gasteiger partial charge in [-0.2, -0.15) is 0 Å². The summed E-state index contributed by atoms with van der Waals surface area (Å²) < 4.78 is 0. The third kappa shape index (κ3) is 2.73. The average molecular weight is 246 g/mol. The highest BCUT2D eigenvalue weighted by atomic mass is 32.1. The van der Waals surface area contributed by atoms with Gasteiger partial charge in [-0.3, -0.25) is 4.98 Å². The molecule has 0 amide bonds. The fraction of sp³-hybridized carbons (Fsp3) is 0.357. The first-order chi connectivity index (χ1) is 8.22. The highest BCUT2D eigenvalue weighted by Crippen LogP contribution is 2.29. The Kier molecular flexibility index (Phi) is 3.92. The van der Waals surface area contributed by atoms with E-state index >= 15 is 0 Å². The molecular weight excluding hydrogens is 228 g/mol. The van der Waals surface area contributed by atoms with Gasteiger partial charge in [-0.15, -0.1) is 11.3 Å². The first kappa shape index (κ1) is 12.3. The number of aromatic nitrogens is 1. The average Bonchev–Trinajstić information content (AvgIpc) is 2.74. The summed E-state index contributed by atoms with van der Waals surface area (Å²) in [6.07, 6.45) is 1.85. The van der Waals surface area contributed by atoms with Gasteiger partial charge in [-0.05, 0) is 44.2 Å². The molecule has 0 spiro atoms. The molecule has 2 nitrogen and oxygen atoms in total. The minimum Gasteiger partial charge on any atom is -0.306 e. The van der Waals surface area contributed by atoms with Crippen LogP contribution in [0.15, 0.2) is 30.5 Å². The summed E-state index contributed by atoms with van der Waals surface area (Å²) in [7, 11) is 0. The summed E-state index contributed by atoms with van der Waals surface area (Å²) in [6.45, 7) is 7.31. The van der Waals surface area contributed by atoms with Crippen LogP contribution < -0.4 is 5.32 Å². The van der Waals surface area contributed by atoms with Crippen molar-refractivity contribution >= 4 is 11.3 Å². The summed E-state index contributed by atoms with van der Waals surface area (Å²) in [4.78, 5) is 7.09. The molecule has 0 saturated heterocycles. The highest BCUT2D eigenvalue weighted by molar-refractivity contribution is 7.12. The van der Waals surface area contributed by atoms with Gasteiger partial charge in [0.05, 0.1) is 6.04 Å². The fourth-order valence-corrected chi connectivity index (χ4v) is 2.95. The van der Waals surface area contributed by atoms with E-state index < -0.39 is 0 Å². The molecule has 0 radical (unpaired) electrons. The lowest BCUT2D eigenvalue weighted by Crippen LogP contribution is -2.22. The van der Waals surface area contributed by atoms with Crippen molar-refractivity contribution in [3.63, 3.8) is 0 Å². The molecule has 2 rings (SSSR count). The van der Waals surface area contributed by atoms with E-state index in [1.54, 1.807) is 0 Å². The van der Waals surface area contributed by atoms with Crippen molar-refractivity contribution in [2.24, 2.45) is 0 Å². The van der Waals surface area contributed by atoms with Crippen LogP contribution in [0.25, 0.3) is 0 Å². The van der Waals surface area contributed by atoms with Crippen molar-refractivity contribution < 1.29 is 0 Å². The standard InChI is InChI=1S/C14H18N2S/c1-4-15-14(13-8-7-10(2)17-13)12-6-5-9-16-11(12)3/h5-9,14-15H,4H2,1-3H3. The predicted molar refractivity (Wildman–Crippen MR) is 73.5 cm³/mol. The zero-order valence-electron chi connectivity index (χ0n) is 10.5. The molecular formula is C14H18N2S. The summed E-state index contributed by atoms with van der Waals surface area (Å²) in [5.74, 6) is 0. The van der Waals surface area contributed by atoms with Crippen molar-refractivity contribution in [1.82, 2.24) is 10.3 Å². The number of nitrogens with zero attached hydrogens (tertiary/aromatic N) is 1. The van der Waals surface area contributed by atoms with Gasteiger partial charge in [0.2, 0.25) is 0 Å². The molecule has 0 aliphatic rings. The van der Waals surface area contributed by atoms with Crippen LogP contribution in [0.1, 0.15) is 34.0 Å².